The summed E-state index contributed by atoms with van der Waals surface area (Å²) >= 11 is 11.9. The van der Waals surface area contributed by atoms with E-state index in [1.807, 2.05) is 24.3 Å². The Hall–Kier alpha value is -1.91. The minimum Gasteiger partial charge on any atom is -0.495 e. The summed E-state index contributed by atoms with van der Waals surface area (Å²) in [4.78, 5) is 11.9. The Kier molecular flexibility index (Phi) is 5.31. The number of carbonyl (C=O) groups excluding carboxylic acids is 1. The van der Waals surface area contributed by atoms with Crippen molar-refractivity contribution in [3.63, 3.8) is 0 Å². The number of nitrogens with one attached hydrogen (secondary N) is 2. The number of methoxy groups -OCH3 is 1. The van der Waals surface area contributed by atoms with Crippen molar-refractivity contribution in [1.82, 2.24) is 0 Å². The highest BCUT2D eigenvalue weighted by molar-refractivity contribution is 6.35. The molecule has 0 spiro atoms. The van der Waals surface area contributed by atoms with Crippen LogP contribution in [0.1, 0.15) is 0 Å². The molecule has 2 aromatic rings. The van der Waals surface area contributed by atoms with Crippen molar-refractivity contribution in [1.29, 1.82) is 0 Å². The highest BCUT2D eigenvalue weighted by atomic mass is 35.5. The van der Waals surface area contributed by atoms with E-state index in [-0.39, 0.29) is 12.5 Å². The highest BCUT2D eigenvalue weighted by Gasteiger charge is 2.08. The van der Waals surface area contributed by atoms with Gasteiger partial charge >= 0.3 is 0 Å². The number of hydrogen-bond donors (Lipinski definition) is 2. The van der Waals surface area contributed by atoms with Gasteiger partial charge in [-0.3, -0.25) is 4.79 Å². The van der Waals surface area contributed by atoms with E-state index in [1.54, 1.807) is 25.3 Å². The summed E-state index contributed by atoms with van der Waals surface area (Å²) < 4.78 is 5.20. The lowest BCUT2D eigenvalue weighted by Gasteiger charge is -2.11. The third-order valence-electron chi connectivity index (χ3n) is 2.75. The van der Waals surface area contributed by atoms with Gasteiger partial charge in [0.2, 0.25) is 5.91 Å². The van der Waals surface area contributed by atoms with Crippen LogP contribution in [0.4, 0.5) is 11.4 Å². The molecular formula is C15H14Cl2N2O2. The monoisotopic (exact) mass is 324 g/mol. The van der Waals surface area contributed by atoms with Gasteiger partial charge in [0.25, 0.3) is 0 Å². The zero-order valence-corrected chi connectivity index (χ0v) is 12.8. The lowest BCUT2D eigenvalue weighted by atomic mass is 10.3. The maximum atomic E-state index is 11.9. The Balaban J connectivity index is 1.97. The minimum absolute atomic E-state index is 0.0865. The van der Waals surface area contributed by atoms with Gasteiger partial charge in [0.05, 0.1) is 30.1 Å². The van der Waals surface area contributed by atoms with E-state index >= 15 is 0 Å². The number of hydrogen-bond acceptors (Lipinski definition) is 3. The van der Waals surface area contributed by atoms with E-state index in [0.717, 1.165) is 5.69 Å². The Morgan fingerprint density at radius 3 is 2.67 bits per heavy atom. The van der Waals surface area contributed by atoms with Crippen LogP contribution in [0.25, 0.3) is 0 Å². The van der Waals surface area contributed by atoms with E-state index in [2.05, 4.69) is 10.6 Å². The Morgan fingerprint density at radius 2 is 1.90 bits per heavy atom. The molecule has 2 N–H and O–H groups in total. The quantitative estimate of drug-likeness (QED) is 0.872. The molecule has 0 atom stereocenters. The number of carbonyl (C=O) groups is 1. The number of para-hydroxylation sites is 2. The number of anilines is 2. The molecular weight excluding hydrogens is 311 g/mol. The van der Waals surface area contributed by atoms with E-state index in [0.29, 0.717) is 21.5 Å². The first-order valence-corrected chi connectivity index (χ1v) is 6.97. The zero-order valence-electron chi connectivity index (χ0n) is 11.3. The fourth-order valence-corrected chi connectivity index (χ4v) is 2.09. The zero-order chi connectivity index (χ0) is 15.2. The molecule has 0 unspecified atom stereocenters. The number of amides is 1. The molecule has 4 nitrogen and oxygen atoms in total. The van der Waals surface area contributed by atoms with Crippen molar-refractivity contribution in [2.45, 2.75) is 0 Å². The molecule has 0 aromatic heterocycles. The van der Waals surface area contributed by atoms with Gasteiger partial charge in [-0.15, -0.1) is 0 Å². The SMILES string of the molecule is COc1ccccc1NCC(=O)Nc1cc(Cl)ccc1Cl. The summed E-state index contributed by atoms with van der Waals surface area (Å²) in [5.41, 5.74) is 1.23. The second-order valence-corrected chi connectivity index (χ2v) is 5.07. The summed E-state index contributed by atoms with van der Waals surface area (Å²) in [6.45, 7) is 0.0865. The first-order chi connectivity index (χ1) is 10.1. The predicted octanol–water partition coefficient (Wildman–Crippen LogP) is 4.05. The molecule has 0 heterocycles. The molecule has 0 saturated heterocycles. The first-order valence-electron chi connectivity index (χ1n) is 6.22. The first kappa shape index (κ1) is 15.5. The van der Waals surface area contributed by atoms with Crippen LogP contribution in [0.5, 0.6) is 5.75 Å². The van der Waals surface area contributed by atoms with Gasteiger partial charge in [-0.25, -0.2) is 0 Å². The molecule has 1 amide bonds. The van der Waals surface area contributed by atoms with Crippen LogP contribution in [-0.4, -0.2) is 19.6 Å². The van der Waals surface area contributed by atoms with Gasteiger partial charge in [-0.1, -0.05) is 35.3 Å². The molecule has 0 aliphatic carbocycles. The van der Waals surface area contributed by atoms with E-state index in [9.17, 15) is 4.79 Å². The summed E-state index contributed by atoms with van der Waals surface area (Å²) in [5.74, 6) is 0.441. The second-order valence-electron chi connectivity index (χ2n) is 4.23. The fraction of sp³-hybridized carbons (Fsp3) is 0.133. The van der Waals surface area contributed by atoms with Gasteiger partial charge in [0, 0.05) is 5.02 Å². The van der Waals surface area contributed by atoms with Crippen molar-refractivity contribution >= 4 is 40.5 Å². The van der Waals surface area contributed by atoms with Crippen LogP contribution < -0.4 is 15.4 Å². The van der Waals surface area contributed by atoms with Crippen LogP contribution in [-0.2, 0) is 4.79 Å². The Bertz CT molecular complexity index is 647. The second kappa shape index (κ2) is 7.20. The van der Waals surface area contributed by atoms with Crippen LogP contribution in [0.2, 0.25) is 10.0 Å². The lowest BCUT2D eigenvalue weighted by molar-refractivity contribution is -0.114. The highest BCUT2D eigenvalue weighted by Crippen LogP contribution is 2.26. The predicted molar refractivity (Wildman–Crippen MR) is 86.6 cm³/mol. The van der Waals surface area contributed by atoms with Crippen molar-refractivity contribution in [3.8, 4) is 5.75 Å². The molecule has 0 radical (unpaired) electrons. The molecule has 6 heteroatoms. The van der Waals surface area contributed by atoms with Crippen molar-refractivity contribution in [3.05, 3.63) is 52.5 Å². The molecule has 110 valence electrons. The smallest absolute Gasteiger partial charge is 0.243 e. The number of ether oxygens (including phenoxy) is 1. The third-order valence-corrected chi connectivity index (χ3v) is 3.31. The molecule has 2 aromatic carbocycles. The van der Waals surface area contributed by atoms with Gasteiger partial charge in [-0.2, -0.15) is 0 Å². The summed E-state index contributed by atoms with van der Waals surface area (Å²) in [6, 6.07) is 12.3. The summed E-state index contributed by atoms with van der Waals surface area (Å²) in [6.07, 6.45) is 0. The largest absolute Gasteiger partial charge is 0.495 e. The van der Waals surface area contributed by atoms with Crippen molar-refractivity contribution in [2.24, 2.45) is 0 Å². The van der Waals surface area contributed by atoms with Crippen LogP contribution >= 0.6 is 23.2 Å². The molecule has 2 rings (SSSR count). The number of halogens is 2. The average Bonchev–Trinajstić information content (AvgIpc) is 2.49. The van der Waals surface area contributed by atoms with E-state index in [1.165, 1.54) is 0 Å². The Morgan fingerprint density at radius 1 is 1.14 bits per heavy atom. The van der Waals surface area contributed by atoms with Gasteiger partial charge < -0.3 is 15.4 Å². The standard InChI is InChI=1S/C15H14Cl2N2O2/c1-21-14-5-3-2-4-12(14)18-9-15(20)19-13-8-10(16)6-7-11(13)17/h2-8,18H,9H2,1H3,(H,19,20). The van der Waals surface area contributed by atoms with Crippen LogP contribution in [0.15, 0.2) is 42.5 Å². The van der Waals surface area contributed by atoms with Gasteiger partial charge in [0.15, 0.2) is 0 Å². The molecule has 0 aliphatic heterocycles. The van der Waals surface area contributed by atoms with Crippen LogP contribution in [0, 0.1) is 0 Å². The van der Waals surface area contributed by atoms with Crippen molar-refractivity contribution in [2.75, 3.05) is 24.3 Å². The van der Waals surface area contributed by atoms with E-state index < -0.39 is 0 Å². The Labute approximate surface area is 133 Å². The molecule has 0 aliphatic rings. The topological polar surface area (TPSA) is 50.4 Å². The molecule has 0 bridgehead atoms. The minimum atomic E-state index is -0.231. The normalized spacial score (nSPS) is 10.0. The fourth-order valence-electron chi connectivity index (χ4n) is 1.75. The average molecular weight is 325 g/mol. The van der Waals surface area contributed by atoms with Crippen molar-refractivity contribution < 1.29 is 9.53 Å². The summed E-state index contributed by atoms with van der Waals surface area (Å²) in [5, 5.41) is 6.65. The van der Waals surface area contributed by atoms with Gasteiger partial charge in [0.1, 0.15) is 5.75 Å². The number of benzene rings is 2. The maximum absolute atomic E-state index is 11.9. The van der Waals surface area contributed by atoms with E-state index in [4.69, 9.17) is 27.9 Å². The van der Waals surface area contributed by atoms with Gasteiger partial charge in [-0.05, 0) is 30.3 Å². The summed E-state index contributed by atoms with van der Waals surface area (Å²) in [7, 11) is 1.58. The lowest BCUT2D eigenvalue weighted by Crippen LogP contribution is -2.22. The molecule has 0 fully saturated rings. The molecule has 0 saturated carbocycles. The number of rotatable bonds is 5. The third kappa shape index (κ3) is 4.28. The van der Waals surface area contributed by atoms with Crippen LogP contribution in [0.3, 0.4) is 0 Å². The maximum Gasteiger partial charge on any atom is 0.243 e. The molecule has 21 heavy (non-hydrogen) atoms.